The third kappa shape index (κ3) is 3.14. The standard InChI is InChI=1S/C18H22N2O4/c1-12-9-14(3-8-21)18-15(10-12)16(23)11-17(24-18)20-6-4-19(5-7-20)13(2)22/h9-11,21H,3-8H2,1-2H3. The number of hydrogen-bond acceptors (Lipinski definition) is 5. The average molecular weight is 330 g/mol. The fraction of sp³-hybridized carbons (Fsp3) is 0.444. The van der Waals surface area contributed by atoms with Crippen LogP contribution in [0.15, 0.2) is 27.4 Å². The Kier molecular flexibility index (Phi) is 4.57. The monoisotopic (exact) mass is 330 g/mol. The molecule has 0 aliphatic carbocycles. The van der Waals surface area contributed by atoms with Gasteiger partial charge in [0, 0.05) is 45.8 Å². The predicted molar refractivity (Wildman–Crippen MR) is 92.5 cm³/mol. The van der Waals surface area contributed by atoms with Crippen LogP contribution in [0.2, 0.25) is 0 Å². The number of hydrogen-bond donors (Lipinski definition) is 1. The number of piperazine rings is 1. The summed E-state index contributed by atoms with van der Waals surface area (Å²) in [6.45, 7) is 6.00. The molecule has 2 aromatic rings. The van der Waals surface area contributed by atoms with Gasteiger partial charge < -0.3 is 19.3 Å². The zero-order valence-corrected chi connectivity index (χ0v) is 14.0. The van der Waals surface area contributed by atoms with Crippen molar-refractivity contribution in [1.29, 1.82) is 0 Å². The summed E-state index contributed by atoms with van der Waals surface area (Å²) in [4.78, 5) is 27.7. The van der Waals surface area contributed by atoms with Crippen LogP contribution < -0.4 is 10.3 Å². The summed E-state index contributed by atoms with van der Waals surface area (Å²) in [5.74, 6) is 0.592. The number of fused-ring (bicyclic) bond motifs is 1. The molecule has 0 bridgehead atoms. The SMILES string of the molecule is CC(=O)N1CCN(c2cc(=O)c3cc(C)cc(CCO)c3o2)CC1. The maximum Gasteiger partial charge on any atom is 0.219 e. The smallest absolute Gasteiger partial charge is 0.219 e. The minimum absolute atomic E-state index is 0.00375. The predicted octanol–water partition coefficient (Wildman–Crippen LogP) is 1.30. The molecule has 0 atom stereocenters. The molecule has 1 aliphatic rings. The van der Waals surface area contributed by atoms with Gasteiger partial charge in [0.1, 0.15) is 5.58 Å². The first-order valence-corrected chi connectivity index (χ1v) is 8.18. The van der Waals surface area contributed by atoms with Gasteiger partial charge in [-0.1, -0.05) is 6.07 Å². The molecule has 1 aromatic heterocycles. The normalized spacial score (nSPS) is 15.1. The van der Waals surface area contributed by atoms with E-state index < -0.39 is 0 Å². The molecule has 0 spiro atoms. The fourth-order valence-corrected chi connectivity index (χ4v) is 3.18. The van der Waals surface area contributed by atoms with Crippen molar-refractivity contribution in [3.63, 3.8) is 0 Å². The van der Waals surface area contributed by atoms with E-state index in [1.807, 2.05) is 24.0 Å². The molecule has 6 nitrogen and oxygen atoms in total. The van der Waals surface area contributed by atoms with E-state index in [1.165, 1.54) is 6.07 Å². The lowest BCUT2D eigenvalue weighted by atomic mass is 10.0. The first kappa shape index (κ1) is 16.5. The van der Waals surface area contributed by atoms with E-state index in [0.717, 1.165) is 11.1 Å². The maximum atomic E-state index is 12.5. The molecule has 1 saturated heterocycles. The zero-order chi connectivity index (χ0) is 17.3. The second-order valence-corrected chi connectivity index (χ2v) is 6.22. The summed E-state index contributed by atoms with van der Waals surface area (Å²) in [7, 11) is 0. The van der Waals surface area contributed by atoms with Crippen molar-refractivity contribution in [2.24, 2.45) is 0 Å². The van der Waals surface area contributed by atoms with Crippen LogP contribution in [0.25, 0.3) is 11.0 Å². The van der Waals surface area contributed by atoms with Crippen molar-refractivity contribution in [1.82, 2.24) is 4.90 Å². The van der Waals surface area contributed by atoms with E-state index in [-0.39, 0.29) is 17.9 Å². The molecule has 0 radical (unpaired) electrons. The number of aryl methyl sites for hydroxylation is 1. The molecular weight excluding hydrogens is 308 g/mol. The van der Waals surface area contributed by atoms with Crippen molar-refractivity contribution >= 4 is 22.8 Å². The number of amides is 1. The maximum absolute atomic E-state index is 12.5. The van der Waals surface area contributed by atoms with Crippen LogP contribution >= 0.6 is 0 Å². The molecular formula is C18H22N2O4. The van der Waals surface area contributed by atoms with Crippen molar-refractivity contribution in [2.75, 3.05) is 37.7 Å². The molecule has 1 aromatic carbocycles. The molecule has 24 heavy (non-hydrogen) atoms. The van der Waals surface area contributed by atoms with E-state index >= 15 is 0 Å². The highest BCUT2D eigenvalue weighted by molar-refractivity contribution is 5.82. The Morgan fingerprint density at radius 1 is 1.21 bits per heavy atom. The molecule has 1 N–H and O–H groups in total. The Morgan fingerprint density at radius 2 is 1.92 bits per heavy atom. The molecule has 1 fully saturated rings. The quantitative estimate of drug-likeness (QED) is 0.918. The van der Waals surface area contributed by atoms with Gasteiger partial charge in [0.15, 0.2) is 11.3 Å². The third-order valence-corrected chi connectivity index (χ3v) is 4.45. The van der Waals surface area contributed by atoms with Gasteiger partial charge in [0.2, 0.25) is 5.91 Å². The zero-order valence-electron chi connectivity index (χ0n) is 14.0. The highest BCUT2D eigenvalue weighted by Gasteiger charge is 2.21. The summed E-state index contributed by atoms with van der Waals surface area (Å²) < 4.78 is 6.03. The lowest BCUT2D eigenvalue weighted by Gasteiger charge is -2.34. The topological polar surface area (TPSA) is 74.0 Å². The second-order valence-electron chi connectivity index (χ2n) is 6.22. The molecule has 0 unspecified atom stereocenters. The van der Waals surface area contributed by atoms with Crippen molar-refractivity contribution in [2.45, 2.75) is 20.3 Å². The van der Waals surface area contributed by atoms with Gasteiger partial charge in [-0.3, -0.25) is 9.59 Å². The second kappa shape index (κ2) is 6.65. The Bertz CT molecular complexity index is 820. The van der Waals surface area contributed by atoms with Crippen molar-refractivity contribution in [3.8, 4) is 0 Å². The van der Waals surface area contributed by atoms with Gasteiger partial charge in [-0.15, -0.1) is 0 Å². The summed E-state index contributed by atoms with van der Waals surface area (Å²) in [5, 5.41) is 9.82. The van der Waals surface area contributed by atoms with Crippen LogP contribution in [0.4, 0.5) is 5.88 Å². The highest BCUT2D eigenvalue weighted by Crippen LogP contribution is 2.25. The number of benzene rings is 1. The lowest BCUT2D eigenvalue weighted by Crippen LogP contribution is -2.48. The highest BCUT2D eigenvalue weighted by atomic mass is 16.4. The van der Waals surface area contributed by atoms with Gasteiger partial charge in [-0.25, -0.2) is 0 Å². The number of nitrogens with zero attached hydrogens (tertiary/aromatic N) is 2. The first-order valence-electron chi connectivity index (χ1n) is 8.18. The Labute approximate surface area is 140 Å². The lowest BCUT2D eigenvalue weighted by molar-refractivity contribution is -0.129. The third-order valence-electron chi connectivity index (χ3n) is 4.45. The minimum Gasteiger partial charge on any atom is -0.440 e. The molecule has 3 rings (SSSR count). The number of carbonyl (C=O) groups is 1. The van der Waals surface area contributed by atoms with E-state index in [9.17, 15) is 14.7 Å². The van der Waals surface area contributed by atoms with Crippen LogP contribution in [-0.2, 0) is 11.2 Å². The fourth-order valence-electron chi connectivity index (χ4n) is 3.18. The molecule has 128 valence electrons. The molecule has 0 saturated carbocycles. The van der Waals surface area contributed by atoms with Gasteiger partial charge in [-0.05, 0) is 30.5 Å². The number of aliphatic hydroxyl groups excluding tert-OH is 1. The Hall–Kier alpha value is -2.34. The van der Waals surface area contributed by atoms with Gasteiger partial charge >= 0.3 is 0 Å². The first-order chi connectivity index (χ1) is 11.5. The molecule has 6 heteroatoms. The van der Waals surface area contributed by atoms with E-state index in [2.05, 4.69) is 0 Å². The Balaban J connectivity index is 1.98. The average Bonchev–Trinajstić information content (AvgIpc) is 2.56. The largest absolute Gasteiger partial charge is 0.440 e. The van der Waals surface area contributed by atoms with Gasteiger partial charge in [-0.2, -0.15) is 0 Å². The van der Waals surface area contributed by atoms with Crippen molar-refractivity contribution in [3.05, 3.63) is 39.5 Å². The molecule has 2 heterocycles. The summed E-state index contributed by atoms with van der Waals surface area (Å²) >= 11 is 0. The summed E-state index contributed by atoms with van der Waals surface area (Å²) in [5.41, 5.74) is 2.28. The van der Waals surface area contributed by atoms with E-state index in [4.69, 9.17) is 4.42 Å². The number of carbonyl (C=O) groups excluding carboxylic acids is 1. The van der Waals surface area contributed by atoms with Crippen LogP contribution in [0.1, 0.15) is 18.1 Å². The van der Waals surface area contributed by atoms with E-state index in [1.54, 1.807) is 11.8 Å². The van der Waals surface area contributed by atoms with Crippen LogP contribution in [-0.4, -0.2) is 48.7 Å². The van der Waals surface area contributed by atoms with Gasteiger partial charge in [0.25, 0.3) is 0 Å². The van der Waals surface area contributed by atoms with E-state index in [0.29, 0.717) is 49.5 Å². The van der Waals surface area contributed by atoms with Crippen molar-refractivity contribution < 1.29 is 14.3 Å². The number of anilines is 1. The summed E-state index contributed by atoms with van der Waals surface area (Å²) in [6.07, 6.45) is 0.447. The number of rotatable bonds is 3. The van der Waals surface area contributed by atoms with Gasteiger partial charge in [0.05, 0.1) is 5.39 Å². The minimum atomic E-state index is -0.0804. The van der Waals surface area contributed by atoms with Crippen LogP contribution in [0.3, 0.4) is 0 Å². The molecule has 1 amide bonds. The molecule has 1 aliphatic heterocycles. The number of aliphatic hydroxyl groups is 1. The Morgan fingerprint density at radius 3 is 2.54 bits per heavy atom. The summed E-state index contributed by atoms with van der Waals surface area (Å²) in [6, 6.07) is 5.28. The van der Waals surface area contributed by atoms with Crippen LogP contribution in [0, 0.1) is 6.92 Å². The van der Waals surface area contributed by atoms with Crippen LogP contribution in [0.5, 0.6) is 0 Å².